The Hall–Kier alpha value is -2.46. The highest BCUT2D eigenvalue weighted by atomic mass is 16.5. The number of hydrogen-bond donors (Lipinski definition) is 2. The summed E-state index contributed by atoms with van der Waals surface area (Å²) in [5, 5.41) is 19.6. The molecule has 1 aliphatic rings. The Morgan fingerprint density at radius 2 is 1.87 bits per heavy atom. The van der Waals surface area contributed by atoms with Gasteiger partial charge in [0, 0.05) is 23.7 Å². The quantitative estimate of drug-likeness (QED) is 0.907. The number of benzene rings is 2. The normalized spacial score (nSPS) is 13.4. The summed E-state index contributed by atoms with van der Waals surface area (Å²) in [5.74, 6) is 1.22. The first kappa shape index (κ1) is 15.4. The first-order chi connectivity index (χ1) is 11.1. The Morgan fingerprint density at radius 1 is 1.13 bits per heavy atom. The second-order valence-electron chi connectivity index (χ2n) is 5.85. The van der Waals surface area contributed by atoms with Crippen molar-refractivity contribution in [1.82, 2.24) is 4.90 Å². The fourth-order valence-electron chi connectivity index (χ4n) is 2.63. The number of phenolic OH excluding ortho intramolecular Hbond substituents is 2. The maximum absolute atomic E-state index is 10.2. The Morgan fingerprint density at radius 3 is 2.57 bits per heavy atom. The fraction of sp³-hybridized carbons (Fsp3) is 0.263. The summed E-state index contributed by atoms with van der Waals surface area (Å²) in [6.45, 7) is 4.15. The molecule has 2 N–H and O–H groups in total. The molecule has 0 amide bonds. The van der Waals surface area contributed by atoms with E-state index >= 15 is 0 Å². The predicted molar refractivity (Wildman–Crippen MR) is 91.6 cm³/mol. The molecule has 0 saturated heterocycles. The third-order valence-corrected chi connectivity index (χ3v) is 4.14. The highest BCUT2D eigenvalue weighted by Crippen LogP contribution is 2.35. The molecule has 0 aromatic heterocycles. The van der Waals surface area contributed by atoms with Gasteiger partial charge in [-0.3, -0.25) is 0 Å². The van der Waals surface area contributed by atoms with Crippen LogP contribution in [0.15, 0.2) is 36.4 Å². The maximum atomic E-state index is 10.2. The molecule has 3 rings (SSSR count). The Bertz CT molecular complexity index is 735. The molecule has 0 unspecified atom stereocenters. The summed E-state index contributed by atoms with van der Waals surface area (Å²) in [7, 11) is 2.02. The lowest BCUT2D eigenvalue weighted by atomic mass is 9.99. The van der Waals surface area contributed by atoms with E-state index in [1.807, 2.05) is 25.2 Å². The van der Waals surface area contributed by atoms with Gasteiger partial charge in [0.1, 0.15) is 23.9 Å². The van der Waals surface area contributed by atoms with Crippen LogP contribution in [0.3, 0.4) is 0 Å². The molecule has 0 atom stereocenters. The number of hydrogen-bond acceptors (Lipinski definition) is 4. The van der Waals surface area contributed by atoms with Gasteiger partial charge in [-0.15, -0.1) is 0 Å². The van der Waals surface area contributed by atoms with Gasteiger partial charge in [-0.25, -0.2) is 0 Å². The minimum atomic E-state index is 0.251. The zero-order valence-corrected chi connectivity index (χ0v) is 13.4. The van der Waals surface area contributed by atoms with Crippen molar-refractivity contribution >= 4 is 11.6 Å². The Labute approximate surface area is 136 Å². The fourth-order valence-corrected chi connectivity index (χ4v) is 2.63. The Balaban J connectivity index is 1.95. The van der Waals surface area contributed by atoms with Crippen molar-refractivity contribution in [2.45, 2.75) is 13.5 Å². The van der Waals surface area contributed by atoms with Gasteiger partial charge in [0.05, 0.1) is 0 Å². The van der Waals surface area contributed by atoms with Crippen LogP contribution in [0, 0.1) is 0 Å². The monoisotopic (exact) mass is 311 g/mol. The summed E-state index contributed by atoms with van der Waals surface area (Å²) in [6, 6.07) is 10.8. The van der Waals surface area contributed by atoms with Gasteiger partial charge >= 0.3 is 0 Å². The smallest absolute Gasteiger partial charge is 0.130 e. The summed E-state index contributed by atoms with van der Waals surface area (Å²) in [5.41, 5.74) is 3.93. The lowest BCUT2D eigenvalue weighted by Crippen LogP contribution is -2.17. The van der Waals surface area contributed by atoms with Crippen molar-refractivity contribution in [1.29, 1.82) is 0 Å². The van der Waals surface area contributed by atoms with Crippen LogP contribution in [0.1, 0.15) is 23.6 Å². The molecule has 1 aliphatic heterocycles. The summed E-state index contributed by atoms with van der Waals surface area (Å²) >= 11 is 0. The van der Waals surface area contributed by atoms with Crippen molar-refractivity contribution in [3.05, 3.63) is 53.1 Å². The van der Waals surface area contributed by atoms with Crippen molar-refractivity contribution < 1.29 is 14.9 Å². The second kappa shape index (κ2) is 6.34. The van der Waals surface area contributed by atoms with E-state index in [9.17, 15) is 10.2 Å². The largest absolute Gasteiger partial charge is 0.508 e. The van der Waals surface area contributed by atoms with Crippen molar-refractivity contribution in [3.63, 3.8) is 0 Å². The highest BCUT2D eigenvalue weighted by Gasteiger charge is 2.16. The molecule has 2 aromatic rings. The molecule has 0 saturated carbocycles. The van der Waals surface area contributed by atoms with Crippen molar-refractivity contribution in [3.8, 4) is 17.2 Å². The topological polar surface area (TPSA) is 52.9 Å². The van der Waals surface area contributed by atoms with Gasteiger partial charge in [0.2, 0.25) is 0 Å². The number of rotatable bonds is 4. The number of aromatic hydroxyl groups is 2. The molecule has 0 aliphatic carbocycles. The van der Waals surface area contributed by atoms with Gasteiger partial charge in [-0.05, 0) is 49.0 Å². The van der Waals surface area contributed by atoms with Gasteiger partial charge in [0.25, 0.3) is 0 Å². The average Bonchev–Trinajstić information content (AvgIpc) is 2.56. The van der Waals surface area contributed by atoms with E-state index in [0.717, 1.165) is 28.8 Å². The molecule has 23 heavy (non-hydrogen) atoms. The van der Waals surface area contributed by atoms with Crippen LogP contribution in [0.25, 0.3) is 11.6 Å². The first-order valence-corrected chi connectivity index (χ1v) is 7.74. The highest BCUT2D eigenvalue weighted by molar-refractivity contribution is 5.86. The van der Waals surface area contributed by atoms with Crippen molar-refractivity contribution in [2.75, 3.05) is 20.2 Å². The van der Waals surface area contributed by atoms with E-state index in [0.29, 0.717) is 18.9 Å². The van der Waals surface area contributed by atoms with Crippen LogP contribution in [0.2, 0.25) is 0 Å². The zero-order chi connectivity index (χ0) is 16.4. The number of nitrogens with zero attached hydrogens (tertiary/aromatic N) is 1. The van der Waals surface area contributed by atoms with E-state index in [2.05, 4.69) is 17.9 Å². The lowest BCUT2D eigenvalue weighted by molar-refractivity contribution is 0.334. The van der Waals surface area contributed by atoms with E-state index in [1.54, 1.807) is 18.2 Å². The minimum absolute atomic E-state index is 0.251. The molecule has 4 nitrogen and oxygen atoms in total. The van der Waals surface area contributed by atoms with Crippen LogP contribution >= 0.6 is 0 Å². The molecule has 4 heteroatoms. The lowest BCUT2D eigenvalue weighted by Gasteiger charge is -2.21. The van der Waals surface area contributed by atoms with Gasteiger partial charge < -0.3 is 19.8 Å². The molecular weight excluding hydrogens is 290 g/mol. The van der Waals surface area contributed by atoms with Gasteiger partial charge in [0.15, 0.2) is 0 Å². The van der Waals surface area contributed by atoms with Crippen LogP contribution in [-0.2, 0) is 6.54 Å². The first-order valence-electron chi connectivity index (χ1n) is 7.74. The molecule has 2 aromatic carbocycles. The molecular formula is C19H21NO3. The van der Waals surface area contributed by atoms with Crippen LogP contribution in [0.5, 0.6) is 17.2 Å². The minimum Gasteiger partial charge on any atom is -0.508 e. The van der Waals surface area contributed by atoms with E-state index in [4.69, 9.17) is 4.74 Å². The third-order valence-electron chi connectivity index (χ3n) is 4.14. The third kappa shape index (κ3) is 3.32. The zero-order valence-electron chi connectivity index (χ0n) is 13.4. The Kier molecular flexibility index (Phi) is 4.26. The summed E-state index contributed by atoms with van der Waals surface area (Å²) < 4.78 is 5.78. The molecule has 0 fully saturated rings. The number of ether oxygens (including phenoxy) is 1. The van der Waals surface area contributed by atoms with E-state index < -0.39 is 0 Å². The van der Waals surface area contributed by atoms with Gasteiger partial charge in [-0.2, -0.15) is 0 Å². The molecule has 1 heterocycles. The van der Waals surface area contributed by atoms with E-state index in [-0.39, 0.29) is 11.5 Å². The molecule has 0 spiro atoms. The van der Waals surface area contributed by atoms with Crippen LogP contribution in [-0.4, -0.2) is 35.3 Å². The number of phenols is 2. The van der Waals surface area contributed by atoms with E-state index in [1.165, 1.54) is 0 Å². The van der Waals surface area contributed by atoms with Gasteiger partial charge in [-0.1, -0.05) is 19.1 Å². The summed E-state index contributed by atoms with van der Waals surface area (Å²) in [6.07, 6.45) is 2.08. The SMILES string of the molecule is CCN(C)Cc1cc2c(cc1O)OCC(c1ccc(O)cc1)=C2. The molecule has 0 bridgehead atoms. The number of fused-ring (bicyclic) bond motifs is 1. The maximum Gasteiger partial charge on any atom is 0.130 e. The second-order valence-corrected chi connectivity index (χ2v) is 5.85. The molecule has 0 radical (unpaired) electrons. The summed E-state index contributed by atoms with van der Waals surface area (Å²) in [4.78, 5) is 2.13. The van der Waals surface area contributed by atoms with Crippen molar-refractivity contribution in [2.24, 2.45) is 0 Å². The van der Waals surface area contributed by atoms with Crippen LogP contribution < -0.4 is 4.74 Å². The molecule has 120 valence electrons. The average molecular weight is 311 g/mol. The van der Waals surface area contributed by atoms with Crippen LogP contribution in [0.4, 0.5) is 0 Å². The predicted octanol–water partition coefficient (Wildman–Crippen LogP) is 3.48. The standard InChI is InChI=1S/C19H21NO3/c1-3-20(2)11-15-8-14-9-16(12-23-19(14)10-18(15)22)13-4-6-17(21)7-5-13/h4-10,21-22H,3,11-12H2,1-2H3.